The maximum Gasteiger partial charge on any atom is 0.269 e. The van der Waals surface area contributed by atoms with Gasteiger partial charge in [-0.15, -0.1) is 0 Å². The summed E-state index contributed by atoms with van der Waals surface area (Å²) in [5.41, 5.74) is 3.29. The number of aliphatic imine (C=N–C) groups is 1. The third-order valence-corrected chi connectivity index (χ3v) is 2.30. The second kappa shape index (κ2) is 4.71. The molecule has 0 spiro atoms. The lowest BCUT2D eigenvalue weighted by atomic mass is 10.1. The number of hydrogen-bond acceptors (Lipinski definition) is 6. The smallest absolute Gasteiger partial charge is 0.269 e. The van der Waals surface area contributed by atoms with E-state index >= 15 is 0 Å². The zero-order valence-electron chi connectivity index (χ0n) is 8.87. The molecule has 0 saturated heterocycles. The molecule has 7 heteroatoms. The van der Waals surface area contributed by atoms with Crippen molar-refractivity contribution in [2.45, 2.75) is 0 Å². The van der Waals surface area contributed by atoms with E-state index < -0.39 is 4.92 Å². The normalized spacial score (nSPS) is 14.0. The fraction of sp³-hybridized carbons (Fsp3) is 0.200. The second-order valence-electron chi connectivity index (χ2n) is 3.47. The molecule has 0 aliphatic carbocycles. The molecule has 0 bridgehead atoms. The maximum atomic E-state index is 11.8. The number of nitrogens with zero attached hydrogens (tertiary/aromatic N) is 3. The van der Waals surface area contributed by atoms with E-state index in [1.807, 2.05) is 0 Å². The van der Waals surface area contributed by atoms with E-state index in [1.54, 1.807) is 11.3 Å². The third kappa shape index (κ3) is 2.64. The predicted octanol–water partition coefficient (Wildman–Crippen LogP) is 0.583. The highest BCUT2D eigenvalue weighted by atomic mass is 16.6. The number of carbonyl (C=O) groups excluding carboxylic acids is 1. The van der Waals surface area contributed by atoms with E-state index in [-0.39, 0.29) is 18.0 Å². The van der Waals surface area contributed by atoms with Crippen molar-refractivity contribution < 1.29 is 9.72 Å². The highest BCUT2D eigenvalue weighted by molar-refractivity contribution is 5.98. The number of nitrogens with one attached hydrogen (secondary N) is 1. The number of benzene rings is 1. The van der Waals surface area contributed by atoms with Crippen LogP contribution in [0.5, 0.6) is 0 Å². The van der Waals surface area contributed by atoms with Gasteiger partial charge in [-0.3, -0.25) is 24.9 Å². The van der Waals surface area contributed by atoms with Crippen molar-refractivity contribution in [2.75, 3.05) is 13.2 Å². The molecule has 1 aliphatic heterocycles. The molecule has 0 amide bonds. The summed E-state index contributed by atoms with van der Waals surface area (Å²) in [6.45, 7) is 0.620. The summed E-state index contributed by atoms with van der Waals surface area (Å²) in [5, 5.41) is 12.0. The van der Waals surface area contributed by atoms with E-state index in [1.165, 1.54) is 24.3 Å². The highest BCUT2D eigenvalue weighted by Gasteiger charge is 2.13. The van der Waals surface area contributed by atoms with Crippen LogP contribution in [0.25, 0.3) is 0 Å². The Morgan fingerprint density at radius 2 is 2.18 bits per heavy atom. The number of nitro benzene ring substituents is 1. The van der Waals surface area contributed by atoms with Crippen molar-refractivity contribution in [1.82, 2.24) is 10.4 Å². The summed E-state index contributed by atoms with van der Waals surface area (Å²) in [5.74, 6) is -0.124. The van der Waals surface area contributed by atoms with Gasteiger partial charge in [0.1, 0.15) is 13.0 Å². The van der Waals surface area contributed by atoms with Gasteiger partial charge >= 0.3 is 0 Å². The minimum Gasteiger partial charge on any atom is -0.292 e. The van der Waals surface area contributed by atoms with E-state index in [0.29, 0.717) is 12.2 Å². The number of hydrazine groups is 1. The Labute approximate surface area is 96.9 Å². The summed E-state index contributed by atoms with van der Waals surface area (Å²) in [4.78, 5) is 25.6. The summed E-state index contributed by atoms with van der Waals surface area (Å²) in [6, 6.07) is 5.54. The van der Waals surface area contributed by atoms with Crippen molar-refractivity contribution in [3.63, 3.8) is 0 Å². The Balaban J connectivity index is 2.03. The number of rotatable bonds is 4. The van der Waals surface area contributed by atoms with Crippen LogP contribution < -0.4 is 5.43 Å². The van der Waals surface area contributed by atoms with Gasteiger partial charge in [-0.05, 0) is 12.1 Å². The number of nitro groups is 1. The molecular weight excluding hydrogens is 224 g/mol. The number of hydrogen-bond donors (Lipinski definition) is 1. The van der Waals surface area contributed by atoms with Gasteiger partial charge in [0, 0.05) is 17.7 Å². The molecule has 0 fully saturated rings. The van der Waals surface area contributed by atoms with Crippen molar-refractivity contribution in [1.29, 1.82) is 0 Å². The molecule has 1 heterocycles. The van der Waals surface area contributed by atoms with Gasteiger partial charge in [-0.1, -0.05) is 0 Å². The Kier molecular flexibility index (Phi) is 3.10. The van der Waals surface area contributed by atoms with Crippen LogP contribution in [-0.2, 0) is 0 Å². The molecule has 88 valence electrons. The fourth-order valence-corrected chi connectivity index (χ4v) is 1.42. The van der Waals surface area contributed by atoms with Crippen LogP contribution >= 0.6 is 0 Å². The molecule has 0 atom stereocenters. The van der Waals surface area contributed by atoms with Gasteiger partial charge in [0.15, 0.2) is 5.78 Å². The molecule has 0 aromatic heterocycles. The average molecular weight is 234 g/mol. The SMILES string of the molecule is O=C(CN1C=NCN1)c1ccc([N+](=O)[O-])cc1. The van der Waals surface area contributed by atoms with Crippen LogP contribution in [-0.4, -0.2) is 35.3 Å². The van der Waals surface area contributed by atoms with Gasteiger partial charge in [-0.2, -0.15) is 0 Å². The van der Waals surface area contributed by atoms with Crippen LogP contribution in [0.4, 0.5) is 5.69 Å². The zero-order chi connectivity index (χ0) is 12.3. The first kappa shape index (κ1) is 11.2. The minimum absolute atomic E-state index is 0.0255. The maximum absolute atomic E-state index is 11.8. The molecule has 0 saturated carbocycles. The Morgan fingerprint density at radius 3 is 2.71 bits per heavy atom. The van der Waals surface area contributed by atoms with Crippen molar-refractivity contribution >= 4 is 17.8 Å². The zero-order valence-corrected chi connectivity index (χ0v) is 8.87. The van der Waals surface area contributed by atoms with Crippen LogP contribution in [0.1, 0.15) is 10.4 Å². The molecule has 1 aromatic rings. The van der Waals surface area contributed by atoms with E-state index in [9.17, 15) is 14.9 Å². The lowest BCUT2D eigenvalue weighted by molar-refractivity contribution is -0.384. The largest absolute Gasteiger partial charge is 0.292 e. The Hall–Kier alpha value is -2.28. The number of ketones is 1. The van der Waals surface area contributed by atoms with Crippen LogP contribution in [0.15, 0.2) is 29.3 Å². The molecule has 0 radical (unpaired) electrons. The van der Waals surface area contributed by atoms with Gasteiger partial charge in [0.25, 0.3) is 5.69 Å². The molecule has 17 heavy (non-hydrogen) atoms. The van der Waals surface area contributed by atoms with Crippen LogP contribution in [0.2, 0.25) is 0 Å². The van der Waals surface area contributed by atoms with Gasteiger partial charge in [-0.25, -0.2) is 5.43 Å². The standard InChI is InChI=1S/C10H10N4O3/c15-10(5-13-7-11-6-12-13)8-1-3-9(4-2-8)14(16)17/h1-4,7,12H,5-6H2. The molecule has 1 aromatic carbocycles. The molecule has 2 rings (SSSR count). The molecule has 1 N–H and O–H groups in total. The van der Waals surface area contributed by atoms with Gasteiger partial charge in [0.2, 0.25) is 0 Å². The predicted molar refractivity (Wildman–Crippen MR) is 60.6 cm³/mol. The number of Topliss-reactive ketones (excluding diaryl/α,β-unsaturated/α-hetero) is 1. The molecule has 0 unspecified atom stereocenters. The lowest BCUT2D eigenvalue weighted by Crippen LogP contribution is -2.36. The number of non-ortho nitro benzene ring substituents is 1. The van der Waals surface area contributed by atoms with Crippen molar-refractivity contribution in [2.24, 2.45) is 4.99 Å². The third-order valence-electron chi connectivity index (χ3n) is 2.30. The summed E-state index contributed by atoms with van der Waals surface area (Å²) >= 11 is 0. The average Bonchev–Trinajstić information content (AvgIpc) is 2.82. The number of carbonyl (C=O) groups is 1. The first-order valence-corrected chi connectivity index (χ1v) is 4.94. The quantitative estimate of drug-likeness (QED) is 0.467. The second-order valence-corrected chi connectivity index (χ2v) is 3.47. The monoisotopic (exact) mass is 234 g/mol. The fourth-order valence-electron chi connectivity index (χ4n) is 1.42. The summed E-state index contributed by atoms with van der Waals surface area (Å²) in [6.07, 6.45) is 1.54. The van der Waals surface area contributed by atoms with E-state index in [0.717, 1.165) is 0 Å². The first-order chi connectivity index (χ1) is 8.16. The minimum atomic E-state index is -0.497. The van der Waals surface area contributed by atoms with Gasteiger partial charge in [0.05, 0.1) is 11.5 Å². The Morgan fingerprint density at radius 1 is 1.47 bits per heavy atom. The lowest BCUT2D eigenvalue weighted by Gasteiger charge is -2.12. The van der Waals surface area contributed by atoms with Gasteiger partial charge < -0.3 is 0 Å². The first-order valence-electron chi connectivity index (χ1n) is 4.94. The van der Waals surface area contributed by atoms with Crippen molar-refractivity contribution in [3.05, 3.63) is 39.9 Å². The molecule has 7 nitrogen and oxygen atoms in total. The topological polar surface area (TPSA) is 87.8 Å². The van der Waals surface area contributed by atoms with Crippen LogP contribution in [0, 0.1) is 10.1 Å². The molecule has 1 aliphatic rings. The Bertz CT molecular complexity index is 469. The van der Waals surface area contributed by atoms with E-state index in [2.05, 4.69) is 10.4 Å². The summed E-state index contributed by atoms with van der Waals surface area (Å²) in [7, 11) is 0. The van der Waals surface area contributed by atoms with E-state index in [4.69, 9.17) is 0 Å². The summed E-state index contributed by atoms with van der Waals surface area (Å²) < 4.78 is 0. The highest BCUT2D eigenvalue weighted by Crippen LogP contribution is 2.12. The van der Waals surface area contributed by atoms with Crippen LogP contribution in [0.3, 0.4) is 0 Å². The molecular formula is C10H10N4O3. The van der Waals surface area contributed by atoms with Crippen molar-refractivity contribution in [3.8, 4) is 0 Å².